The van der Waals surface area contributed by atoms with Crippen LogP contribution in [0.5, 0.6) is 17.2 Å². The summed E-state index contributed by atoms with van der Waals surface area (Å²) < 4.78 is 67.8. The number of nitrogens with one attached hydrogen (secondary N) is 2. The van der Waals surface area contributed by atoms with Crippen molar-refractivity contribution in [3.05, 3.63) is 47.3 Å². The Morgan fingerprint density at radius 3 is 2.50 bits per heavy atom. The molecule has 5 rings (SSSR count). The number of carbonyl (C=O) groups is 2. The number of carbonyl (C=O) groups excluding carboxylic acids is 1. The Labute approximate surface area is 239 Å². The molecular weight excluding hydrogens is 566 g/mol. The number of carboxylic acid groups (broad SMARTS) is 1. The molecule has 1 saturated carbocycles. The minimum Gasteiger partial charge on any atom is -0.493 e. The summed E-state index contributed by atoms with van der Waals surface area (Å²) in [6, 6.07) is 8.90. The molecule has 2 amide bonds. The van der Waals surface area contributed by atoms with Crippen molar-refractivity contribution in [1.29, 1.82) is 0 Å². The minimum atomic E-state index is -5.08. The minimum absolute atomic E-state index is 0.00698. The molecule has 230 valence electrons. The number of anilines is 1. The highest BCUT2D eigenvalue weighted by atomic mass is 19.4. The van der Waals surface area contributed by atoms with Crippen molar-refractivity contribution in [2.24, 2.45) is 0 Å². The zero-order valence-electron chi connectivity index (χ0n) is 23.3. The maximum Gasteiger partial charge on any atom is 0.490 e. The van der Waals surface area contributed by atoms with Crippen molar-refractivity contribution in [2.75, 3.05) is 39.9 Å². The molecule has 0 aromatic heterocycles. The first-order valence-electron chi connectivity index (χ1n) is 13.2. The number of benzene rings is 2. The van der Waals surface area contributed by atoms with E-state index in [4.69, 9.17) is 28.8 Å². The number of hydrogen-bond acceptors (Lipinski definition) is 7. The first-order chi connectivity index (χ1) is 19.9. The van der Waals surface area contributed by atoms with Crippen LogP contribution in [0.15, 0.2) is 30.3 Å². The molecule has 0 spiro atoms. The number of halogens is 4. The van der Waals surface area contributed by atoms with Gasteiger partial charge in [-0.05, 0) is 63.0 Å². The smallest absolute Gasteiger partial charge is 0.490 e. The van der Waals surface area contributed by atoms with Crippen LogP contribution in [0.25, 0.3) is 0 Å². The fraction of sp³-hybridized carbons (Fsp3) is 0.500. The molecule has 2 aromatic carbocycles. The third-order valence-electron chi connectivity index (χ3n) is 8.02. The molecule has 14 heteroatoms. The Hall–Kier alpha value is -3.78. The van der Waals surface area contributed by atoms with E-state index in [0.717, 1.165) is 43.7 Å². The molecule has 0 bridgehead atoms. The predicted molar refractivity (Wildman–Crippen MR) is 142 cm³/mol. The second-order valence-electron chi connectivity index (χ2n) is 10.4. The number of alkyl halides is 3. The normalized spacial score (nSPS) is 23.3. The highest BCUT2D eigenvalue weighted by Gasteiger charge is 2.50. The average molecular weight is 600 g/mol. The molecule has 2 heterocycles. The quantitative estimate of drug-likeness (QED) is 0.425. The van der Waals surface area contributed by atoms with E-state index in [1.54, 1.807) is 14.2 Å². The summed E-state index contributed by atoms with van der Waals surface area (Å²) in [6.07, 6.45) is -1.46. The van der Waals surface area contributed by atoms with Gasteiger partial charge in [-0.1, -0.05) is 6.07 Å². The SMILES string of the molecule is COc1ccc([C@@]23CC[C@@H](NC(=O)Nc4cc5c(cc4F)COCO5)C[C@@H]2N(C)CC3)cc1OC.O=C(O)C(F)(F)F. The van der Waals surface area contributed by atoms with Crippen LogP contribution in [0.1, 0.15) is 36.8 Å². The number of aliphatic carboxylic acids is 1. The maximum absolute atomic E-state index is 14.5. The van der Waals surface area contributed by atoms with Crippen LogP contribution < -0.4 is 24.8 Å². The molecule has 3 N–H and O–H groups in total. The predicted octanol–water partition coefficient (Wildman–Crippen LogP) is 4.66. The number of likely N-dealkylation sites (N-methyl/N-ethyl adjacent to an activating group) is 1. The molecule has 42 heavy (non-hydrogen) atoms. The molecule has 2 aromatic rings. The second-order valence-corrected chi connectivity index (χ2v) is 10.4. The standard InChI is InChI=1S/C26H32FN3O5.C2HF3O2/c1-30-9-8-26(17-4-5-21(32-2)23(11-17)33-3)7-6-18(12-24(26)30)28-25(31)29-20-13-22-16(10-19(20)27)14-34-15-35-22;3-2(4,5)1(6)7/h4-5,10-11,13,18,24H,6-9,12,14-15H2,1-3H3,(H2,28,29,31);(H,6,7)/t18-,24+,26+;/m1./s1. The molecule has 10 nitrogen and oxygen atoms in total. The van der Waals surface area contributed by atoms with Gasteiger partial charge >= 0.3 is 18.2 Å². The van der Waals surface area contributed by atoms with Crippen LogP contribution in [0.2, 0.25) is 0 Å². The van der Waals surface area contributed by atoms with E-state index >= 15 is 0 Å². The van der Waals surface area contributed by atoms with Crippen LogP contribution in [0.4, 0.5) is 28.0 Å². The van der Waals surface area contributed by atoms with Gasteiger partial charge in [-0.3, -0.25) is 0 Å². The van der Waals surface area contributed by atoms with Gasteiger partial charge in [0.05, 0.1) is 26.5 Å². The van der Waals surface area contributed by atoms with Crippen molar-refractivity contribution in [3.8, 4) is 17.2 Å². The van der Waals surface area contributed by atoms with Gasteiger partial charge in [0.25, 0.3) is 0 Å². The second kappa shape index (κ2) is 12.6. The van der Waals surface area contributed by atoms with Crippen molar-refractivity contribution in [2.45, 2.75) is 56.0 Å². The Balaban J connectivity index is 0.000000517. The summed E-state index contributed by atoms with van der Waals surface area (Å²) in [5, 5.41) is 12.8. The van der Waals surface area contributed by atoms with Crippen molar-refractivity contribution >= 4 is 17.7 Å². The fourth-order valence-electron chi connectivity index (χ4n) is 5.93. The lowest BCUT2D eigenvalue weighted by atomic mass is 9.65. The van der Waals surface area contributed by atoms with E-state index in [1.165, 1.54) is 17.7 Å². The molecule has 1 saturated heterocycles. The Morgan fingerprint density at radius 2 is 1.83 bits per heavy atom. The number of carboxylic acids is 1. The number of nitrogens with zero attached hydrogens (tertiary/aromatic N) is 1. The summed E-state index contributed by atoms with van der Waals surface area (Å²) in [5.74, 6) is -1.30. The molecular formula is C28H33F4N3O7. The van der Waals surface area contributed by atoms with E-state index in [2.05, 4.69) is 34.7 Å². The third kappa shape index (κ3) is 6.65. The van der Waals surface area contributed by atoms with E-state index in [9.17, 15) is 22.4 Å². The number of urea groups is 1. The monoisotopic (exact) mass is 599 g/mol. The van der Waals surface area contributed by atoms with Gasteiger partial charge in [-0.15, -0.1) is 0 Å². The lowest BCUT2D eigenvalue weighted by Crippen LogP contribution is -2.52. The van der Waals surface area contributed by atoms with Gasteiger partial charge in [-0.2, -0.15) is 13.2 Å². The number of methoxy groups -OCH3 is 2. The van der Waals surface area contributed by atoms with Crippen LogP contribution >= 0.6 is 0 Å². The van der Waals surface area contributed by atoms with Gasteiger partial charge in [0.15, 0.2) is 18.3 Å². The summed E-state index contributed by atoms with van der Waals surface area (Å²) >= 11 is 0. The highest BCUT2D eigenvalue weighted by Crippen LogP contribution is 2.50. The van der Waals surface area contributed by atoms with Crippen molar-refractivity contribution < 1.29 is 51.2 Å². The van der Waals surface area contributed by atoms with Crippen LogP contribution in [-0.4, -0.2) is 74.9 Å². The molecule has 3 aliphatic rings. The van der Waals surface area contributed by atoms with Gasteiger partial charge < -0.3 is 39.6 Å². The summed E-state index contributed by atoms with van der Waals surface area (Å²) in [7, 11) is 5.44. The summed E-state index contributed by atoms with van der Waals surface area (Å²) in [5.41, 5.74) is 1.96. The van der Waals surface area contributed by atoms with E-state index in [-0.39, 0.29) is 36.6 Å². The molecule has 1 aliphatic carbocycles. The Bertz CT molecular complexity index is 1310. The molecule has 2 fully saturated rings. The largest absolute Gasteiger partial charge is 0.493 e. The number of rotatable bonds is 5. The zero-order valence-corrected chi connectivity index (χ0v) is 23.3. The molecule has 0 radical (unpaired) electrons. The van der Waals surface area contributed by atoms with E-state index < -0.39 is 24.0 Å². The number of hydrogen-bond donors (Lipinski definition) is 3. The lowest BCUT2D eigenvalue weighted by Gasteiger charge is -2.45. The van der Waals surface area contributed by atoms with Gasteiger partial charge in [0.2, 0.25) is 0 Å². The van der Waals surface area contributed by atoms with Gasteiger partial charge in [-0.25, -0.2) is 14.0 Å². The molecule has 0 unspecified atom stereocenters. The van der Waals surface area contributed by atoms with E-state index in [0.29, 0.717) is 11.3 Å². The van der Waals surface area contributed by atoms with Gasteiger partial charge in [0, 0.05) is 29.1 Å². The Kier molecular flexibility index (Phi) is 9.36. The third-order valence-corrected chi connectivity index (χ3v) is 8.02. The first kappa shape index (κ1) is 31.2. The van der Waals surface area contributed by atoms with E-state index in [1.807, 2.05) is 6.07 Å². The summed E-state index contributed by atoms with van der Waals surface area (Å²) in [6.45, 7) is 1.39. The number of ether oxygens (including phenoxy) is 4. The average Bonchev–Trinajstić information content (AvgIpc) is 3.29. The first-order valence-corrected chi connectivity index (χ1v) is 13.2. The number of likely N-dealkylation sites (tertiary alicyclic amines) is 1. The molecule has 3 atom stereocenters. The highest BCUT2D eigenvalue weighted by molar-refractivity contribution is 5.90. The number of amides is 2. The Morgan fingerprint density at radius 1 is 1.12 bits per heavy atom. The van der Waals surface area contributed by atoms with Crippen LogP contribution in [0, 0.1) is 5.82 Å². The molecule has 2 aliphatic heterocycles. The zero-order chi connectivity index (χ0) is 30.7. The number of fused-ring (bicyclic) bond motifs is 2. The maximum atomic E-state index is 14.5. The topological polar surface area (TPSA) is 119 Å². The summed E-state index contributed by atoms with van der Waals surface area (Å²) in [4.78, 5) is 24.1. The van der Waals surface area contributed by atoms with Crippen LogP contribution in [-0.2, 0) is 21.6 Å². The van der Waals surface area contributed by atoms with Crippen molar-refractivity contribution in [1.82, 2.24) is 10.2 Å². The van der Waals surface area contributed by atoms with Crippen LogP contribution in [0.3, 0.4) is 0 Å². The van der Waals surface area contributed by atoms with Crippen molar-refractivity contribution in [3.63, 3.8) is 0 Å². The fourth-order valence-corrected chi connectivity index (χ4v) is 5.93. The lowest BCUT2D eigenvalue weighted by molar-refractivity contribution is -0.192. The van der Waals surface area contributed by atoms with Gasteiger partial charge in [0.1, 0.15) is 11.6 Å².